The number of para-hydroxylation sites is 2. The summed E-state index contributed by atoms with van der Waals surface area (Å²) in [6.45, 7) is 6.51. The normalized spacial score (nSPS) is 16.3. The Bertz CT molecular complexity index is 756. The zero-order chi connectivity index (χ0) is 33.6. The van der Waals surface area contributed by atoms with E-state index in [0.29, 0.717) is 0 Å². The van der Waals surface area contributed by atoms with Gasteiger partial charge >= 0.3 is 0 Å². The third-order valence-corrected chi connectivity index (χ3v) is 9.99. The smallest absolute Gasteiger partial charge is 0.266 e. The molecule has 1 heterocycles. The van der Waals surface area contributed by atoms with E-state index in [-0.39, 0.29) is 0 Å². The molecule has 47 heavy (non-hydrogen) atoms. The van der Waals surface area contributed by atoms with Crippen LogP contribution in [0.5, 0.6) is 11.5 Å². The van der Waals surface area contributed by atoms with Crippen LogP contribution in [0, 0.1) is 0 Å². The minimum absolute atomic E-state index is 0.454. The topological polar surface area (TPSA) is 34.2 Å². The number of ether oxygens (including phenoxy) is 3. The Morgan fingerprint density at radius 1 is 0.404 bits per heavy atom. The zero-order valence-electron chi connectivity index (χ0n) is 31.8. The van der Waals surface area contributed by atoms with Crippen LogP contribution >= 0.6 is 0 Å². The van der Waals surface area contributed by atoms with E-state index in [4.69, 9.17) is 14.2 Å². The van der Waals surface area contributed by atoms with E-state index in [2.05, 4.69) is 37.7 Å². The van der Waals surface area contributed by atoms with Gasteiger partial charge in [0.1, 0.15) is 0 Å². The maximum absolute atomic E-state index is 6.46. The van der Waals surface area contributed by atoms with Crippen molar-refractivity contribution in [1.82, 2.24) is 9.80 Å². The molecular formula is C42H78N2O3. The summed E-state index contributed by atoms with van der Waals surface area (Å²) < 4.78 is 19.2. The summed E-state index contributed by atoms with van der Waals surface area (Å²) in [4.78, 5) is 4.42. The van der Waals surface area contributed by atoms with E-state index in [0.717, 1.165) is 24.6 Å². The monoisotopic (exact) mass is 659 g/mol. The van der Waals surface area contributed by atoms with Crippen molar-refractivity contribution >= 4 is 0 Å². The summed E-state index contributed by atoms with van der Waals surface area (Å²) in [7, 11) is 4.23. The summed E-state index contributed by atoms with van der Waals surface area (Å²) >= 11 is 0. The van der Waals surface area contributed by atoms with E-state index < -0.39 is 12.8 Å². The van der Waals surface area contributed by atoms with Crippen molar-refractivity contribution in [2.45, 2.75) is 206 Å². The Balaban J connectivity index is 1.57. The van der Waals surface area contributed by atoms with Crippen LogP contribution in [0.3, 0.4) is 0 Å². The van der Waals surface area contributed by atoms with E-state index in [1.165, 1.54) is 180 Å². The van der Waals surface area contributed by atoms with Crippen molar-refractivity contribution in [3.63, 3.8) is 0 Å². The predicted octanol–water partition coefficient (Wildman–Crippen LogP) is 12.9. The van der Waals surface area contributed by atoms with Crippen molar-refractivity contribution in [3.8, 4) is 11.5 Å². The molecule has 0 amide bonds. The van der Waals surface area contributed by atoms with Crippen LogP contribution in [-0.2, 0) is 4.74 Å². The quantitative estimate of drug-likeness (QED) is 0.0720. The van der Waals surface area contributed by atoms with Crippen LogP contribution < -0.4 is 9.47 Å². The highest BCUT2D eigenvalue weighted by atomic mass is 16.8. The van der Waals surface area contributed by atoms with Gasteiger partial charge in [-0.3, -0.25) is 4.74 Å². The molecule has 2 rings (SSSR count). The van der Waals surface area contributed by atoms with E-state index in [9.17, 15) is 0 Å². The molecule has 1 aromatic carbocycles. The average Bonchev–Trinajstić information content (AvgIpc) is 3.28. The third kappa shape index (κ3) is 21.4. The standard InChI is InChI=1S/C42H78N2O3/c1-5-7-9-11-13-15-17-19-21-23-25-27-29-33-37-43(3)41-45-39-35-31-32-36-40(39)46-42(47-41)44(4)38-34-30-28-26-24-22-20-18-16-14-12-10-8-6-2/h31-32,35-36,41-42H,5-30,33-34,37-38H2,1-4H3. The van der Waals surface area contributed by atoms with Crippen molar-refractivity contribution in [2.75, 3.05) is 27.2 Å². The second kappa shape index (κ2) is 29.6. The van der Waals surface area contributed by atoms with E-state index in [1.54, 1.807) is 0 Å². The van der Waals surface area contributed by atoms with Crippen molar-refractivity contribution in [3.05, 3.63) is 24.3 Å². The second-order valence-electron chi connectivity index (χ2n) is 14.6. The molecular weight excluding hydrogens is 580 g/mol. The maximum Gasteiger partial charge on any atom is 0.266 e. The predicted molar refractivity (Wildman–Crippen MR) is 202 cm³/mol. The highest BCUT2D eigenvalue weighted by molar-refractivity contribution is 5.39. The van der Waals surface area contributed by atoms with E-state index >= 15 is 0 Å². The molecule has 0 fully saturated rings. The van der Waals surface area contributed by atoms with Crippen LogP contribution in [0.15, 0.2) is 24.3 Å². The molecule has 0 saturated heterocycles. The van der Waals surface area contributed by atoms with Crippen molar-refractivity contribution in [2.24, 2.45) is 0 Å². The molecule has 0 aliphatic carbocycles. The average molecular weight is 659 g/mol. The number of unbranched alkanes of at least 4 members (excludes halogenated alkanes) is 26. The first-order valence-corrected chi connectivity index (χ1v) is 20.6. The van der Waals surface area contributed by atoms with Gasteiger partial charge in [0, 0.05) is 13.1 Å². The molecule has 0 N–H and O–H groups in total. The number of hydrogen-bond acceptors (Lipinski definition) is 5. The highest BCUT2D eigenvalue weighted by Crippen LogP contribution is 2.33. The molecule has 5 nitrogen and oxygen atoms in total. The van der Waals surface area contributed by atoms with Crippen LogP contribution in [0.2, 0.25) is 0 Å². The van der Waals surface area contributed by atoms with Gasteiger partial charge < -0.3 is 9.47 Å². The first kappa shape index (κ1) is 41.9. The maximum atomic E-state index is 6.46. The fraction of sp³-hybridized carbons (Fsp3) is 0.857. The molecule has 5 heteroatoms. The minimum Gasteiger partial charge on any atom is -0.447 e. The van der Waals surface area contributed by atoms with Crippen LogP contribution in [0.4, 0.5) is 0 Å². The molecule has 0 spiro atoms. The Labute approximate surface area is 292 Å². The SMILES string of the molecule is CCCCCCCCCCCCCCCCN(C)C1Oc2ccccc2OC(N(C)CCCCCCCCCCCCCCCC)O1. The Hall–Kier alpha value is -1.30. The second-order valence-corrected chi connectivity index (χ2v) is 14.6. The molecule has 1 aliphatic rings. The molecule has 274 valence electrons. The Morgan fingerprint density at radius 2 is 0.660 bits per heavy atom. The fourth-order valence-corrected chi connectivity index (χ4v) is 6.73. The summed E-state index contributed by atoms with van der Waals surface area (Å²) in [5, 5.41) is 0. The summed E-state index contributed by atoms with van der Waals surface area (Å²) in [5.41, 5.74) is 0. The Morgan fingerprint density at radius 3 is 0.936 bits per heavy atom. The van der Waals surface area contributed by atoms with Crippen LogP contribution in [0.1, 0.15) is 194 Å². The lowest BCUT2D eigenvalue weighted by molar-refractivity contribution is -0.268. The lowest BCUT2D eigenvalue weighted by Gasteiger charge is -2.31. The Kier molecular flexibility index (Phi) is 26.4. The third-order valence-electron chi connectivity index (χ3n) is 9.99. The molecule has 2 unspecified atom stereocenters. The van der Waals surface area contributed by atoms with Crippen LogP contribution in [-0.4, -0.2) is 49.8 Å². The molecule has 1 aromatic rings. The van der Waals surface area contributed by atoms with Gasteiger partial charge in [-0.2, -0.15) is 0 Å². The van der Waals surface area contributed by atoms with Crippen molar-refractivity contribution in [1.29, 1.82) is 0 Å². The molecule has 0 saturated carbocycles. The van der Waals surface area contributed by atoms with Gasteiger partial charge in [-0.1, -0.05) is 193 Å². The van der Waals surface area contributed by atoms with Crippen molar-refractivity contribution < 1.29 is 14.2 Å². The highest BCUT2D eigenvalue weighted by Gasteiger charge is 2.31. The molecule has 0 aromatic heterocycles. The lowest BCUT2D eigenvalue weighted by Crippen LogP contribution is -2.47. The van der Waals surface area contributed by atoms with Gasteiger partial charge in [0.2, 0.25) is 0 Å². The lowest BCUT2D eigenvalue weighted by atomic mass is 10.0. The van der Waals surface area contributed by atoms with Gasteiger partial charge in [-0.15, -0.1) is 0 Å². The largest absolute Gasteiger partial charge is 0.447 e. The van der Waals surface area contributed by atoms with Gasteiger partial charge in [0.15, 0.2) is 11.5 Å². The summed E-state index contributed by atoms with van der Waals surface area (Å²) in [6.07, 6.45) is 37.7. The number of rotatable bonds is 32. The molecule has 0 radical (unpaired) electrons. The van der Waals surface area contributed by atoms with Gasteiger partial charge in [0.05, 0.1) is 0 Å². The summed E-state index contributed by atoms with van der Waals surface area (Å²) in [6, 6.07) is 7.99. The van der Waals surface area contributed by atoms with E-state index in [1.807, 2.05) is 24.3 Å². The first-order valence-electron chi connectivity index (χ1n) is 20.6. The fourth-order valence-electron chi connectivity index (χ4n) is 6.73. The first-order chi connectivity index (χ1) is 23.2. The number of fused-ring (bicyclic) bond motifs is 1. The zero-order valence-corrected chi connectivity index (χ0v) is 31.8. The van der Waals surface area contributed by atoms with Crippen LogP contribution in [0.25, 0.3) is 0 Å². The minimum atomic E-state index is -0.454. The molecule has 1 aliphatic heterocycles. The van der Waals surface area contributed by atoms with Gasteiger partial charge in [-0.25, -0.2) is 9.80 Å². The van der Waals surface area contributed by atoms with Gasteiger partial charge in [0.25, 0.3) is 12.8 Å². The van der Waals surface area contributed by atoms with Gasteiger partial charge in [-0.05, 0) is 39.1 Å². The molecule has 0 bridgehead atoms. The number of hydrogen-bond donors (Lipinski definition) is 0. The number of nitrogens with zero attached hydrogens (tertiary/aromatic N) is 2. The number of benzene rings is 1. The summed E-state index contributed by atoms with van der Waals surface area (Å²) in [5.74, 6) is 1.52. The molecule has 2 atom stereocenters.